The topological polar surface area (TPSA) is 0 Å². The van der Waals surface area contributed by atoms with E-state index in [1.54, 1.807) is 0 Å². The molecule has 0 saturated heterocycles. The number of rotatable bonds is 2. The van der Waals surface area contributed by atoms with E-state index < -0.39 is 25.0 Å². The van der Waals surface area contributed by atoms with Crippen molar-refractivity contribution < 1.29 is 26.1 Å². The Morgan fingerprint density at radius 2 is 1.67 bits per heavy atom. The molecule has 0 amide bonds. The number of benzene rings is 1. The summed E-state index contributed by atoms with van der Waals surface area (Å²) in [6.07, 6.45) is -5.83. The quantitative estimate of drug-likeness (QED) is 0.538. The molecular formula is C8H6BF6-. The average molecular weight is 227 g/mol. The standard InChI is InChI=1S/C8H6BF6/c10-8(11,12)5-6-2-1-3-7(4-6)9(13,14)15/h1-4H,5H2/q-1. The third-order valence-electron chi connectivity index (χ3n) is 1.73. The van der Waals surface area contributed by atoms with Crippen LogP contribution < -0.4 is 5.46 Å². The second kappa shape index (κ2) is 3.79. The van der Waals surface area contributed by atoms with Crippen molar-refractivity contribution in [1.29, 1.82) is 0 Å². The Bertz CT molecular complexity index is 340. The third kappa shape index (κ3) is 3.85. The van der Waals surface area contributed by atoms with Gasteiger partial charge in [-0.25, -0.2) is 0 Å². The average Bonchev–Trinajstić information content (AvgIpc) is 1.99. The number of halogens is 6. The van der Waals surface area contributed by atoms with Gasteiger partial charge < -0.3 is 12.9 Å². The lowest BCUT2D eigenvalue weighted by atomic mass is 9.79. The molecule has 0 nitrogen and oxygen atoms in total. The Kier molecular flexibility index (Phi) is 3.01. The zero-order chi connectivity index (χ0) is 11.7. The van der Waals surface area contributed by atoms with Crippen molar-refractivity contribution >= 4 is 12.4 Å². The molecule has 0 aliphatic rings. The van der Waals surface area contributed by atoms with Gasteiger partial charge in [-0.3, -0.25) is 0 Å². The van der Waals surface area contributed by atoms with Crippen molar-refractivity contribution in [3.8, 4) is 0 Å². The van der Waals surface area contributed by atoms with Crippen LogP contribution in [-0.2, 0) is 6.42 Å². The zero-order valence-corrected chi connectivity index (χ0v) is 7.36. The van der Waals surface area contributed by atoms with Gasteiger partial charge in [-0.1, -0.05) is 24.3 Å². The van der Waals surface area contributed by atoms with Crippen molar-refractivity contribution in [2.24, 2.45) is 0 Å². The fraction of sp³-hybridized carbons (Fsp3) is 0.250. The maximum absolute atomic E-state index is 12.2. The Labute approximate surface area is 82.0 Å². The number of alkyl halides is 3. The minimum Gasteiger partial charge on any atom is -0.445 e. The normalized spacial score (nSPS) is 12.9. The van der Waals surface area contributed by atoms with Gasteiger partial charge in [0.2, 0.25) is 0 Å². The molecule has 0 bridgehead atoms. The summed E-state index contributed by atoms with van der Waals surface area (Å²) in [6, 6.07) is 3.30. The fourth-order valence-electron chi connectivity index (χ4n) is 1.14. The summed E-state index contributed by atoms with van der Waals surface area (Å²) >= 11 is 0. The Morgan fingerprint density at radius 3 is 2.13 bits per heavy atom. The minimum atomic E-state index is -5.24. The molecule has 0 radical (unpaired) electrons. The van der Waals surface area contributed by atoms with Crippen molar-refractivity contribution in [2.45, 2.75) is 12.6 Å². The third-order valence-corrected chi connectivity index (χ3v) is 1.73. The first-order valence-corrected chi connectivity index (χ1v) is 4.04. The minimum absolute atomic E-state index is 0.376. The summed E-state index contributed by atoms with van der Waals surface area (Å²) in [6.45, 7) is -5.24. The zero-order valence-electron chi connectivity index (χ0n) is 7.36. The highest BCUT2D eigenvalue weighted by atomic mass is 19.4. The molecule has 84 valence electrons. The summed E-state index contributed by atoms with van der Waals surface area (Å²) in [5.41, 5.74) is -1.38. The van der Waals surface area contributed by atoms with Crippen LogP contribution in [0.2, 0.25) is 0 Å². The smallest absolute Gasteiger partial charge is 0.445 e. The van der Waals surface area contributed by atoms with Gasteiger partial charge >= 0.3 is 13.2 Å². The summed E-state index contributed by atoms with van der Waals surface area (Å²) < 4.78 is 72.2. The molecule has 0 atom stereocenters. The van der Waals surface area contributed by atoms with Crippen LogP contribution in [0.25, 0.3) is 0 Å². The molecule has 1 aromatic rings. The molecule has 0 N–H and O–H groups in total. The first kappa shape index (κ1) is 11.9. The lowest BCUT2D eigenvalue weighted by Crippen LogP contribution is -2.34. The van der Waals surface area contributed by atoms with Gasteiger partial charge in [0.25, 0.3) is 0 Å². The van der Waals surface area contributed by atoms with E-state index in [1.807, 2.05) is 0 Å². The highest BCUT2D eigenvalue weighted by Crippen LogP contribution is 2.21. The first-order valence-electron chi connectivity index (χ1n) is 4.04. The maximum Gasteiger partial charge on any atom is 0.509 e. The second-order valence-corrected chi connectivity index (χ2v) is 3.11. The van der Waals surface area contributed by atoms with E-state index in [4.69, 9.17) is 0 Å². The molecule has 0 saturated carbocycles. The van der Waals surface area contributed by atoms with E-state index in [2.05, 4.69) is 0 Å². The van der Waals surface area contributed by atoms with Crippen molar-refractivity contribution in [3.05, 3.63) is 29.8 Å². The molecule has 0 aliphatic heterocycles. The lowest BCUT2D eigenvalue weighted by Gasteiger charge is -2.16. The summed E-state index contributed by atoms with van der Waals surface area (Å²) in [5.74, 6) is 0. The summed E-state index contributed by atoms with van der Waals surface area (Å²) in [5, 5.41) is 0. The van der Waals surface area contributed by atoms with Crippen molar-refractivity contribution in [1.82, 2.24) is 0 Å². The molecule has 0 heterocycles. The molecule has 1 aromatic carbocycles. The van der Waals surface area contributed by atoms with Gasteiger partial charge in [0.15, 0.2) is 0 Å². The van der Waals surface area contributed by atoms with Crippen LogP contribution in [0.15, 0.2) is 24.3 Å². The van der Waals surface area contributed by atoms with Crippen LogP contribution in [0.5, 0.6) is 0 Å². The molecule has 0 spiro atoms. The molecule has 15 heavy (non-hydrogen) atoms. The molecule has 7 heteroatoms. The SMILES string of the molecule is F[B-](F)(F)c1cccc(CC(F)(F)F)c1. The van der Waals surface area contributed by atoms with Crippen LogP contribution in [0, 0.1) is 0 Å². The van der Waals surface area contributed by atoms with Gasteiger partial charge in [0.1, 0.15) is 0 Å². The van der Waals surface area contributed by atoms with Gasteiger partial charge in [-0.05, 0) is 5.56 Å². The van der Waals surface area contributed by atoms with Crippen molar-refractivity contribution in [3.63, 3.8) is 0 Å². The Morgan fingerprint density at radius 1 is 1.07 bits per heavy atom. The molecule has 0 fully saturated rings. The Balaban J connectivity index is 2.94. The van der Waals surface area contributed by atoms with Gasteiger partial charge in [0, 0.05) is 0 Å². The van der Waals surface area contributed by atoms with E-state index in [0.717, 1.165) is 18.2 Å². The van der Waals surface area contributed by atoms with E-state index in [1.165, 1.54) is 0 Å². The van der Waals surface area contributed by atoms with Crippen LogP contribution >= 0.6 is 0 Å². The predicted molar refractivity (Wildman–Crippen MR) is 44.9 cm³/mol. The van der Waals surface area contributed by atoms with E-state index >= 15 is 0 Å². The van der Waals surface area contributed by atoms with Gasteiger partial charge in [0.05, 0.1) is 6.42 Å². The molecule has 0 aliphatic carbocycles. The molecular weight excluding hydrogens is 221 g/mol. The monoisotopic (exact) mass is 227 g/mol. The molecule has 0 aromatic heterocycles. The molecule has 0 unspecified atom stereocenters. The van der Waals surface area contributed by atoms with E-state index in [9.17, 15) is 26.1 Å². The van der Waals surface area contributed by atoms with Gasteiger partial charge in [-0.15, -0.1) is 5.46 Å². The van der Waals surface area contributed by atoms with Crippen LogP contribution in [0.4, 0.5) is 26.1 Å². The second-order valence-electron chi connectivity index (χ2n) is 3.11. The van der Waals surface area contributed by atoms with Crippen LogP contribution in [0.3, 0.4) is 0 Å². The predicted octanol–water partition coefficient (Wildman–Crippen LogP) is 2.85. The van der Waals surface area contributed by atoms with Gasteiger partial charge in [-0.2, -0.15) is 13.2 Å². The largest absolute Gasteiger partial charge is 0.509 e. The van der Waals surface area contributed by atoms with Crippen LogP contribution in [-0.4, -0.2) is 13.2 Å². The van der Waals surface area contributed by atoms with E-state index in [-0.39, 0.29) is 5.56 Å². The number of hydrogen-bond donors (Lipinski definition) is 0. The highest BCUT2D eigenvalue weighted by molar-refractivity contribution is 6.73. The summed E-state index contributed by atoms with van der Waals surface area (Å²) in [4.78, 5) is 0. The molecule has 1 rings (SSSR count). The lowest BCUT2D eigenvalue weighted by molar-refractivity contribution is -0.127. The van der Waals surface area contributed by atoms with Crippen LogP contribution in [0.1, 0.15) is 5.56 Å². The highest BCUT2D eigenvalue weighted by Gasteiger charge is 2.29. The van der Waals surface area contributed by atoms with Crippen molar-refractivity contribution in [2.75, 3.05) is 0 Å². The first-order chi connectivity index (χ1) is 6.68. The summed E-state index contributed by atoms with van der Waals surface area (Å²) in [7, 11) is 0. The van der Waals surface area contributed by atoms with E-state index in [0.29, 0.717) is 6.07 Å². The fourth-order valence-corrected chi connectivity index (χ4v) is 1.14. The number of hydrogen-bond acceptors (Lipinski definition) is 0. The Hall–Kier alpha value is -1.14. The maximum atomic E-state index is 12.2.